The molecule has 0 aliphatic rings. The number of carbonyl (C=O) groups excluding carboxylic acids is 1. The summed E-state index contributed by atoms with van der Waals surface area (Å²) in [4.78, 5) is 11.6. The van der Waals surface area contributed by atoms with Crippen molar-refractivity contribution in [3.8, 4) is 0 Å². The Balaban J connectivity index is 2.44. The van der Waals surface area contributed by atoms with Crippen LogP contribution in [0, 0.1) is 18.7 Å². The highest BCUT2D eigenvalue weighted by Crippen LogP contribution is 2.11. The van der Waals surface area contributed by atoms with Crippen molar-refractivity contribution in [3.05, 3.63) is 35.1 Å². The van der Waals surface area contributed by atoms with E-state index in [2.05, 4.69) is 13.8 Å². The van der Waals surface area contributed by atoms with Crippen LogP contribution in [0.2, 0.25) is 0 Å². The third-order valence-electron chi connectivity index (χ3n) is 2.55. The van der Waals surface area contributed by atoms with Crippen molar-refractivity contribution >= 4 is 5.97 Å². The van der Waals surface area contributed by atoms with Gasteiger partial charge in [-0.2, -0.15) is 0 Å². The highest BCUT2D eigenvalue weighted by Gasteiger charge is 2.08. The maximum atomic E-state index is 13.0. The second-order valence-corrected chi connectivity index (χ2v) is 4.64. The summed E-state index contributed by atoms with van der Waals surface area (Å²) in [6.07, 6.45) is 1.90. The zero-order valence-electron chi connectivity index (χ0n) is 10.6. The Morgan fingerprint density at radius 3 is 2.71 bits per heavy atom. The van der Waals surface area contributed by atoms with Crippen LogP contribution in [0.1, 0.15) is 42.6 Å². The van der Waals surface area contributed by atoms with Gasteiger partial charge in [0.1, 0.15) is 5.82 Å². The third-order valence-corrected chi connectivity index (χ3v) is 2.55. The number of benzene rings is 1. The molecule has 0 amide bonds. The number of rotatable bonds is 5. The van der Waals surface area contributed by atoms with Crippen LogP contribution in [0.3, 0.4) is 0 Å². The Labute approximate surface area is 102 Å². The molecule has 0 saturated carbocycles. The molecule has 3 heteroatoms. The first kappa shape index (κ1) is 13.7. The largest absolute Gasteiger partial charge is 0.462 e. The van der Waals surface area contributed by atoms with Gasteiger partial charge in [-0.15, -0.1) is 0 Å². The van der Waals surface area contributed by atoms with Gasteiger partial charge in [0.25, 0.3) is 0 Å². The summed E-state index contributed by atoms with van der Waals surface area (Å²) in [5, 5.41) is 0. The minimum atomic E-state index is -0.378. The smallest absolute Gasteiger partial charge is 0.338 e. The van der Waals surface area contributed by atoms with E-state index in [-0.39, 0.29) is 11.8 Å². The molecule has 0 N–H and O–H groups in total. The van der Waals surface area contributed by atoms with Gasteiger partial charge in [0.2, 0.25) is 0 Å². The van der Waals surface area contributed by atoms with Crippen molar-refractivity contribution in [1.82, 2.24) is 0 Å². The molecule has 1 aromatic rings. The highest BCUT2D eigenvalue weighted by atomic mass is 19.1. The molecule has 0 unspecified atom stereocenters. The molecule has 0 aliphatic carbocycles. The third kappa shape index (κ3) is 4.55. The van der Waals surface area contributed by atoms with Crippen LogP contribution in [0.25, 0.3) is 0 Å². The number of aryl methyl sites for hydroxylation is 1. The number of ether oxygens (including phenoxy) is 1. The maximum absolute atomic E-state index is 13.0. The Morgan fingerprint density at radius 1 is 1.41 bits per heavy atom. The van der Waals surface area contributed by atoms with Crippen molar-refractivity contribution in [2.45, 2.75) is 33.6 Å². The fourth-order valence-corrected chi connectivity index (χ4v) is 1.51. The van der Waals surface area contributed by atoms with Gasteiger partial charge < -0.3 is 4.74 Å². The van der Waals surface area contributed by atoms with Crippen LogP contribution in [0.5, 0.6) is 0 Å². The Kier molecular flexibility index (Phi) is 5.13. The minimum Gasteiger partial charge on any atom is -0.462 e. The first-order chi connectivity index (χ1) is 8.00. The lowest BCUT2D eigenvalue weighted by molar-refractivity contribution is 0.0494. The minimum absolute atomic E-state index is 0.304. The Hall–Kier alpha value is -1.38. The standard InChI is InChI=1S/C14H19FO2/c1-10(2)5-4-8-17-14(16)12-6-7-13(15)11(3)9-12/h6-7,9-10H,4-5,8H2,1-3H3. The van der Waals surface area contributed by atoms with E-state index >= 15 is 0 Å². The monoisotopic (exact) mass is 238 g/mol. The van der Waals surface area contributed by atoms with Gasteiger partial charge in [0, 0.05) is 0 Å². The SMILES string of the molecule is Cc1cc(C(=O)OCCCC(C)C)ccc1F. The van der Waals surface area contributed by atoms with Crippen molar-refractivity contribution in [1.29, 1.82) is 0 Å². The summed E-state index contributed by atoms with van der Waals surface area (Å²) >= 11 is 0. The van der Waals surface area contributed by atoms with Gasteiger partial charge in [0.05, 0.1) is 12.2 Å². The molecule has 2 nitrogen and oxygen atoms in total. The molecule has 0 atom stereocenters. The fourth-order valence-electron chi connectivity index (χ4n) is 1.51. The number of hydrogen-bond acceptors (Lipinski definition) is 2. The lowest BCUT2D eigenvalue weighted by Crippen LogP contribution is -2.07. The van der Waals surface area contributed by atoms with Crippen LogP contribution >= 0.6 is 0 Å². The molecule has 0 heterocycles. The molecule has 1 aromatic carbocycles. The molecule has 0 bridgehead atoms. The Bertz CT molecular complexity index is 386. The summed E-state index contributed by atoms with van der Waals surface area (Å²) in [6.45, 7) is 6.31. The van der Waals surface area contributed by atoms with E-state index in [9.17, 15) is 9.18 Å². The van der Waals surface area contributed by atoms with E-state index < -0.39 is 0 Å². The van der Waals surface area contributed by atoms with Crippen LogP contribution in [0.15, 0.2) is 18.2 Å². The highest BCUT2D eigenvalue weighted by molar-refractivity contribution is 5.89. The lowest BCUT2D eigenvalue weighted by atomic mass is 10.1. The zero-order valence-corrected chi connectivity index (χ0v) is 10.6. The summed E-state index contributed by atoms with van der Waals surface area (Å²) in [6, 6.07) is 4.26. The van der Waals surface area contributed by atoms with E-state index in [1.165, 1.54) is 18.2 Å². The predicted molar refractivity (Wildman–Crippen MR) is 65.5 cm³/mol. The molecule has 1 rings (SSSR count). The first-order valence-electron chi connectivity index (χ1n) is 5.94. The zero-order chi connectivity index (χ0) is 12.8. The van der Waals surface area contributed by atoms with E-state index in [0.29, 0.717) is 23.7 Å². The van der Waals surface area contributed by atoms with Gasteiger partial charge in [-0.3, -0.25) is 0 Å². The van der Waals surface area contributed by atoms with Gasteiger partial charge in [0.15, 0.2) is 0 Å². The van der Waals surface area contributed by atoms with Gasteiger partial charge in [-0.1, -0.05) is 13.8 Å². The number of esters is 1. The van der Waals surface area contributed by atoms with Gasteiger partial charge in [-0.25, -0.2) is 9.18 Å². The van der Waals surface area contributed by atoms with E-state index in [0.717, 1.165) is 12.8 Å². The first-order valence-corrected chi connectivity index (χ1v) is 5.94. The molecule has 94 valence electrons. The lowest BCUT2D eigenvalue weighted by Gasteiger charge is -2.07. The van der Waals surface area contributed by atoms with E-state index in [4.69, 9.17) is 4.74 Å². The quantitative estimate of drug-likeness (QED) is 0.577. The van der Waals surface area contributed by atoms with Crippen LogP contribution in [-0.2, 0) is 4.74 Å². The molecule has 0 saturated heterocycles. The number of halogens is 1. The van der Waals surface area contributed by atoms with Crippen LogP contribution < -0.4 is 0 Å². The maximum Gasteiger partial charge on any atom is 0.338 e. The average molecular weight is 238 g/mol. The Morgan fingerprint density at radius 2 is 2.12 bits per heavy atom. The van der Waals surface area contributed by atoms with Gasteiger partial charge in [-0.05, 0) is 49.4 Å². The molecule has 0 spiro atoms. The molecule has 17 heavy (non-hydrogen) atoms. The second kappa shape index (κ2) is 6.38. The molecule has 0 aromatic heterocycles. The average Bonchev–Trinajstić information content (AvgIpc) is 2.27. The van der Waals surface area contributed by atoms with Crippen LogP contribution in [-0.4, -0.2) is 12.6 Å². The summed E-state index contributed by atoms with van der Waals surface area (Å²) in [5.41, 5.74) is 0.870. The molecule has 0 aliphatic heterocycles. The molecular weight excluding hydrogens is 219 g/mol. The fraction of sp³-hybridized carbons (Fsp3) is 0.500. The van der Waals surface area contributed by atoms with Gasteiger partial charge >= 0.3 is 5.97 Å². The van der Waals surface area contributed by atoms with Crippen molar-refractivity contribution in [3.63, 3.8) is 0 Å². The van der Waals surface area contributed by atoms with E-state index in [1.807, 2.05) is 0 Å². The van der Waals surface area contributed by atoms with E-state index in [1.54, 1.807) is 6.92 Å². The van der Waals surface area contributed by atoms with Crippen molar-refractivity contribution < 1.29 is 13.9 Å². The summed E-state index contributed by atoms with van der Waals surface area (Å²) < 4.78 is 18.1. The molecular formula is C14H19FO2. The van der Waals surface area contributed by atoms with Crippen molar-refractivity contribution in [2.75, 3.05) is 6.61 Å². The predicted octanol–water partition coefficient (Wildman–Crippen LogP) is 3.73. The second-order valence-electron chi connectivity index (χ2n) is 4.64. The number of hydrogen-bond donors (Lipinski definition) is 0. The summed E-state index contributed by atoms with van der Waals surface area (Å²) in [7, 11) is 0. The number of carbonyl (C=O) groups is 1. The van der Waals surface area contributed by atoms with Crippen LogP contribution in [0.4, 0.5) is 4.39 Å². The normalized spacial score (nSPS) is 10.6. The van der Waals surface area contributed by atoms with Crippen molar-refractivity contribution in [2.24, 2.45) is 5.92 Å². The topological polar surface area (TPSA) is 26.3 Å². The molecule has 0 fully saturated rings. The molecule has 0 radical (unpaired) electrons. The summed E-state index contributed by atoms with van der Waals surface area (Å²) in [5.74, 6) is -0.0695.